The van der Waals surface area contributed by atoms with E-state index in [0.29, 0.717) is 23.5 Å². The number of aromatic nitrogens is 2. The minimum Gasteiger partial charge on any atom is -0.338 e. The summed E-state index contributed by atoms with van der Waals surface area (Å²) in [5.41, 5.74) is 2.56. The topological polar surface area (TPSA) is 107 Å². The van der Waals surface area contributed by atoms with E-state index in [-0.39, 0.29) is 17.5 Å². The molecule has 3 rings (SSSR count). The van der Waals surface area contributed by atoms with E-state index in [2.05, 4.69) is 32.7 Å². The average Bonchev–Trinajstić information content (AvgIpc) is 3.04. The SMILES string of the molecule is Cc1[nH]c(=O)[nH]c1C(=O)c1ccc(NC(=O)NCCCc2ccccc2)cc1. The maximum atomic E-state index is 12.4. The molecule has 0 saturated carbocycles. The molecule has 1 heterocycles. The molecule has 0 fully saturated rings. The lowest BCUT2D eigenvalue weighted by atomic mass is 10.1. The number of urea groups is 1. The van der Waals surface area contributed by atoms with Crippen molar-refractivity contribution in [3.63, 3.8) is 0 Å². The van der Waals surface area contributed by atoms with Crippen LogP contribution in [0.4, 0.5) is 10.5 Å². The van der Waals surface area contributed by atoms with Gasteiger partial charge in [0.25, 0.3) is 0 Å². The van der Waals surface area contributed by atoms with Crippen molar-refractivity contribution in [1.82, 2.24) is 15.3 Å². The molecule has 7 heteroatoms. The Bertz CT molecular complexity index is 1000. The predicted molar refractivity (Wildman–Crippen MR) is 108 cm³/mol. The van der Waals surface area contributed by atoms with Crippen LogP contribution in [0.2, 0.25) is 0 Å². The van der Waals surface area contributed by atoms with E-state index in [4.69, 9.17) is 0 Å². The van der Waals surface area contributed by atoms with Crippen molar-refractivity contribution in [2.45, 2.75) is 19.8 Å². The number of imidazole rings is 1. The third kappa shape index (κ3) is 4.97. The third-order valence-electron chi connectivity index (χ3n) is 4.32. The lowest BCUT2D eigenvalue weighted by Gasteiger charge is -2.08. The van der Waals surface area contributed by atoms with E-state index in [9.17, 15) is 14.4 Å². The standard InChI is InChI=1S/C21H22N4O3/c1-14-18(25-21(28)23-14)19(26)16-9-11-17(12-10-16)24-20(27)22-13-5-8-15-6-3-2-4-7-15/h2-4,6-7,9-12H,5,8,13H2,1H3,(H2,22,24,27)(H2,23,25,28). The van der Waals surface area contributed by atoms with Gasteiger partial charge in [-0.05, 0) is 49.6 Å². The summed E-state index contributed by atoms with van der Waals surface area (Å²) in [4.78, 5) is 40.7. The van der Waals surface area contributed by atoms with Gasteiger partial charge in [-0.2, -0.15) is 0 Å². The first-order chi connectivity index (χ1) is 13.5. The van der Waals surface area contributed by atoms with Gasteiger partial charge in [0.2, 0.25) is 5.78 Å². The second-order valence-corrected chi connectivity index (χ2v) is 6.46. The number of aryl methyl sites for hydroxylation is 2. The molecule has 0 aliphatic heterocycles. The number of anilines is 1. The van der Waals surface area contributed by atoms with E-state index in [1.807, 2.05) is 18.2 Å². The van der Waals surface area contributed by atoms with Gasteiger partial charge in [0.05, 0.1) is 0 Å². The number of carbonyl (C=O) groups is 2. The zero-order valence-corrected chi connectivity index (χ0v) is 15.5. The number of hydrogen-bond acceptors (Lipinski definition) is 3. The highest BCUT2D eigenvalue weighted by atomic mass is 16.2. The normalized spacial score (nSPS) is 10.5. The summed E-state index contributed by atoms with van der Waals surface area (Å²) in [6, 6.07) is 16.3. The van der Waals surface area contributed by atoms with Crippen LogP contribution in [-0.2, 0) is 6.42 Å². The summed E-state index contributed by atoms with van der Waals surface area (Å²) in [7, 11) is 0. The van der Waals surface area contributed by atoms with Gasteiger partial charge in [-0.25, -0.2) is 9.59 Å². The highest BCUT2D eigenvalue weighted by Gasteiger charge is 2.14. The Kier molecular flexibility index (Phi) is 6.06. The molecule has 144 valence electrons. The smallest absolute Gasteiger partial charge is 0.323 e. The Morgan fingerprint density at radius 3 is 2.32 bits per heavy atom. The second-order valence-electron chi connectivity index (χ2n) is 6.46. The van der Waals surface area contributed by atoms with E-state index in [1.165, 1.54) is 5.56 Å². The number of carbonyl (C=O) groups excluding carboxylic acids is 2. The Morgan fingerprint density at radius 1 is 0.964 bits per heavy atom. The molecule has 1 aromatic heterocycles. The molecule has 3 aromatic rings. The van der Waals surface area contributed by atoms with Crippen molar-refractivity contribution in [3.05, 3.63) is 87.6 Å². The molecule has 7 nitrogen and oxygen atoms in total. The van der Waals surface area contributed by atoms with Gasteiger partial charge < -0.3 is 20.6 Å². The van der Waals surface area contributed by atoms with Crippen molar-refractivity contribution in [2.75, 3.05) is 11.9 Å². The quantitative estimate of drug-likeness (QED) is 0.375. The van der Waals surface area contributed by atoms with E-state index in [0.717, 1.165) is 12.8 Å². The Labute approximate surface area is 162 Å². The summed E-state index contributed by atoms with van der Waals surface area (Å²) in [5.74, 6) is -0.284. The fourth-order valence-corrected chi connectivity index (χ4v) is 2.86. The molecular weight excluding hydrogens is 356 g/mol. The Hall–Kier alpha value is -3.61. The Morgan fingerprint density at radius 2 is 1.68 bits per heavy atom. The first-order valence-corrected chi connectivity index (χ1v) is 9.05. The molecule has 0 unspecified atom stereocenters. The molecule has 2 aromatic carbocycles. The molecule has 0 bridgehead atoms. The first kappa shape index (κ1) is 19.2. The maximum absolute atomic E-state index is 12.4. The van der Waals surface area contributed by atoms with Crippen LogP contribution in [0.25, 0.3) is 0 Å². The summed E-state index contributed by atoms with van der Waals surface area (Å²) in [6.45, 7) is 2.22. The van der Waals surface area contributed by atoms with E-state index < -0.39 is 5.69 Å². The van der Waals surface area contributed by atoms with Crippen molar-refractivity contribution < 1.29 is 9.59 Å². The van der Waals surface area contributed by atoms with Gasteiger partial charge in [-0.15, -0.1) is 0 Å². The first-order valence-electron chi connectivity index (χ1n) is 9.05. The molecule has 0 saturated heterocycles. The molecule has 0 radical (unpaired) electrons. The minimum atomic E-state index is -0.414. The summed E-state index contributed by atoms with van der Waals surface area (Å²) in [5, 5.41) is 5.55. The zero-order chi connectivity index (χ0) is 19.9. The summed E-state index contributed by atoms with van der Waals surface area (Å²) in [6.07, 6.45) is 1.75. The number of rotatable bonds is 7. The van der Waals surface area contributed by atoms with Crippen molar-refractivity contribution in [2.24, 2.45) is 0 Å². The van der Waals surface area contributed by atoms with E-state index in [1.54, 1.807) is 31.2 Å². The van der Waals surface area contributed by atoms with Crippen molar-refractivity contribution in [1.29, 1.82) is 0 Å². The number of aromatic amines is 2. The molecule has 4 N–H and O–H groups in total. The number of H-pyrrole nitrogens is 2. The number of nitrogens with one attached hydrogen (secondary N) is 4. The third-order valence-corrected chi connectivity index (χ3v) is 4.32. The van der Waals surface area contributed by atoms with Crippen LogP contribution in [0.15, 0.2) is 59.4 Å². The fourth-order valence-electron chi connectivity index (χ4n) is 2.86. The molecule has 0 aliphatic carbocycles. The van der Waals surface area contributed by atoms with Crippen LogP contribution in [0, 0.1) is 6.92 Å². The van der Waals surface area contributed by atoms with Gasteiger partial charge in [0.15, 0.2) is 0 Å². The summed E-state index contributed by atoms with van der Waals surface area (Å²) < 4.78 is 0. The lowest BCUT2D eigenvalue weighted by molar-refractivity contribution is 0.103. The van der Waals surface area contributed by atoms with Crippen molar-refractivity contribution in [3.8, 4) is 0 Å². The minimum absolute atomic E-state index is 0.238. The van der Waals surface area contributed by atoms with Crippen molar-refractivity contribution >= 4 is 17.5 Å². The van der Waals surface area contributed by atoms with Crippen LogP contribution in [0.5, 0.6) is 0 Å². The number of amides is 2. The molecule has 0 atom stereocenters. The van der Waals surface area contributed by atoms with Gasteiger partial charge in [0, 0.05) is 23.5 Å². The summed E-state index contributed by atoms with van der Waals surface area (Å²) >= 11 is 0. The molecule has 0 aliphatic rings. The van der Waals surface area contributed by atoms with Crippen LogP contribution < -0.4 is 16.3 Å². The van der Waals surface area contributed by atoms with E-state index >= 15 is 0 Å². The fraction of sp³-hybridized carbons (Fsp3) is 0.190. The molecular formula is C21H22N4O3. The van der Waals surface area contributed by atoms with Crippen LogP contribution >= 0.6 is 0 Å². The van der Waals surface area contributed by atoms with Gasteiger partial charge in [-0.1, -0.05) is 30.3 Å². The van der Waals surface area contributed by atoms with Gasteiger partial charge in [-0.3, -0.25) is 4.79 Å². The van der Waals surface area contributed by atoms with Crippen LogP contribution in [0.3, 0.4) is 0 Å². The van der Waals surface area contributed by atoms with Crippen LogP contribution in [0.1, 0.15) is 33.7 Å². The zero-order valence-electron chi connectivity index (χ0n) is 15.5. The largest absolute Gasteiger partial charge is 0.338 e. The highest BCUT2D eigenvalue weighted by Crippen LogP contribution is 2.13. The maximum Gasteiger partial charge on any atom is 0.323 e. The molecule has 0 spiro atoms. The lowest BCUT2D eigenvalue weighted by Crippen LogP contribution is -2.29. The Balaban J connectivity index is 1.48. The number of hydrogen-bond donors (Lipinski definition) is 4. The van der Waals surface area contributed by atoms with Gasteiger partial charge >= 0.3 is 11.7 Å². The number of ketones is 1. The number of benzene rings is 2. The van der Waals surface area contributed by atoms with Crippen LogP contribution in [-0.4, -0.2) is 28.3 Å². The highest BCUT2D eigenvalue weighted by molar-refractivity contribution is 6.08. The van der Waals surface area contributed by atoms with Gasteiger partial charge in [0.1, 0.15) is 5.69 Å². The average molecular weight is 378 g/mol. The second kappa shape index (κ2) is 8.85. The molecule has 2 amide bonds. The molecule has 28 heavy (non-hydrogen) atoms. The predicted octanol–water partition coefficient (Wildman–Crippen LogP) is 3.00. The monoisotopic (exact) mass is 378 g/mol.